The Hall–Kier alpha value is -3.27. The van der Waals surface area contributed by atoms with Gasteiger partial charge < -0.3 is 20.9 Å². The van der Waals surface area contributed by atoms with Crippen molar-refractivity contribution >= 4 is 17.5 Å². The monoisotopic (exact) mass is 398 g/mol. The van der Waals surface area contributed by atoms with E-state index in [2.05, 4.69) is 25.4 Å². The highest BCUT2D eigenvalue weighted by atomic mass is 19.1. The molecule has 1 aliphatic rings. The molecule has 1 aliphatic heterocycles. The molecule has 3 aromatic rings. The third kappa shape index (κ3) is 3.83. The van der Waals surface area contributed by atoms with E-state index in [9.17, 15) is 9.18 Å². The highest BCUT2D eigenvalue weighted by Gasteiger charge is 2.24. The van der Waals surface area contributed by atoms with Gasteiger partial charge in [0.25, 0.3) is 0 Å². The Morgan fingerprint density at radius 1 is 1.24 bits per heavy atom. The number of amides is 2. The molecule has 2 aromatic heterocycles. The van der Waals surface area contributed by atoms with Crippen molar-refractivity contribution in [3.8, 4) is 0 Å². The van der Waals surface area contributed by atoms with Gasteiger partial charge >= 0.3 is 6.03 Å². The molecular formula is C19H23FN8O. The first kappa shape index (κ1) is 19.1. The van der Waals surface area contributed by atoms with Crippen LogP contribution in [0.5, 0.6) is 0 Å². The number of carbonyl (C=O) groups excluding carboxylic acids is 1. The molecule has 3 N–H and O–H groups in total. The van der Waals surface area contributed by atoms with Crippen molar-refractivity contribution in [1.29, 1.82) is 0 Å². The number of hydrogen-bond acceptors (Lipinski definition) is 6. The molecule has 1 fully saturated rings. The molecule has 152 valence electrons. The molecule has 0 saturated carbocycles. The molecule has 0 bridgehead atoms. The number of rotatable bonds is 4. The molecule has 0 aliphatic carbocycles. The third-order valence-corrected chi connectivity index (χ3v) is 5.13. The molecule has 1 saturated heterocycles. The Balaban J connectivity index is 1.35. The van der Waals surface area contributed by atoms with Crippen LogP contribution in [0.15, 0.2) is 30.6 Å². The largest absolute Gasteiger partial charge is 0.350 e. The van der Waals surface area contributed by atoms with Gasteiger partial charge in [0.15, 0.2) is 5.82 Å². The van der Waals surface area contributed by atoms with E-state index in [-0.39, 0.29) is 24.9 Å². The highest BCUT2D eigenvalue weighted by molar-refractivity contribution is 5.75. The maximum atomic E-state index is 14.1. The quantitative estimate of drug-likeness (QED) is 0.681. The number of aryl methyl sites for hydroxylation is 1. The second kappa shape index (κ2) is 8.00. The zero-order valence-electron chi connectivity index (χ0n) is 16.2. The first-order chi connectivity index (χ1) is 14.1. The topological polar surface area (TPSA) is 105 Å². The van der Waals surface area contributed by atoms with Gasteiger partial charge in [0.2, 0.25) is 5.65 Å². The summed E-state index contributed by atoms with van der Waals surface area (Å²) >= 11 is 0. The van der Waals surface area contributed by atoms with Crippen molar-refractivity contribution in [3.63, 3.8) is 0 Å². The fraction of sp³-hybridized carbons (Fsp3) is 0.368. The lowest BCUT2D eigenvalue weighted by Gasteiger charge is -2.35. The molecule has 9 nitrogen and oxygen atoms in total. The van der Waals surface area contributed by atoms with E-state index in [0.29, 0.717) is 37.4 Å². The minimum atomic E-state index is -0.360. The summed E-state index contributed by atoms with van der Waals surface area (Å²) in [4.78, 5) is 20.7. The minimum absolute atomic E-state index is 0.135. The lowest BCUT2D eigenvalue weighted by Crippen LogP contribution is -2.52. The van der Waals surface area contributed by atoms with Crippen molar-refractivity contribution in [3.05, 3.63) is 53.4 Å². The van der Waals surface area contributed by atoms with Crippen molar-refractivity contribution in [1.82, 2.24) is 29.8 Å². The molecule has 2 amide bonds. The van der Waals surface area contributed by atoms with Crippen LogP contribution in [0.2, 0.25) is 0 Å². The second-order valence-electron chi connectivity index (χ2n) is 6.95. The number of urea groups is 1. The number of anilines is 1. The standard InChI is InChI=1S/C19H23FN8O/c1-13-24-25-18-17(22-4-5-28(13)18)26-6-8-27(9-7-26)19(29)23-12-15-3-2-14(11-21)10-16(15)20/h2-5,10H,6-9,11-12,21H2,1H3,(H,23,29). The van der Waals surface area contributed by atoms with Gasteiger partial charge in [-0.15, -0.1) is 10.2 Å². The molecule has 1 aromatic carbocycles. The summed E-state index contributed by atoms with van der Waals surface area (Å²) in [5.74, 6) is 1.20. The highest BCUT2D eigenvalue weighted by Crippen LogP contribution is 2.19. The number of nitrogens with one attached hydrogen (secondary N) is 1. The lowest BCUT2D eigenvalue weighted by atomic mass is 10.1. The van der Waals surface area contributed by atoms with Crippen LogP contribution in [-0.4, -0.2) is 56.7 Å². The molecule has 29 heavy (non-hydrogen) atoms. The van der Waals surface area contributed by atoms with Crippen LogP contribution in [-0.2, 0) is 13.1 Å². The number of nitrogens with zero attached hydrogens (tertiary/aromatic N) is 6. The zero-order valence-corrected chi connectivity index (χ0v) is 16.2. The average Bonchev–Trinajstić information content (AvgIpc) is 3.14. The number of aromatic nitrogens is 4. The molecule has 0 radical (unpaired) electrons. The first-order valence-electron chi connectivity index (χ1n) is 9.48. The van der Waals surface area contributed by atoms with Gasteiger partial charge in [-0.05, 0) is 18.6 Å². The molecule has 0 unspecified atom stereocenters. The van der Waals surface area contributed by atoms with E-state index in [1.54, 1.807) is 23.2 Å². The molecule has 3 heterocycles. The summed E-state index contributed by atoms with van der Waals surface area (Å²) in [6.45, 7) is 4.64. The smallest absolute Gasteiger partial charge is 0.317 e. The molecule has 10 heteroatoms. The minimum Gasteiger partial charge on any atom is -0.350 e. The van der Waals surface area contributed by atoms with E-state index < -0.39 is 0 Å². The van der Waals surface area contributed by atoms with Crippen molar-refractivity contribution in [2.75, 3.05) is 31.1 Å². The Morgan fingerprint density at radius 3 is 2.76 bits per heavy atom. The predicted molar refractivity (Wildman–Crippen MR) is 106 cm³/mol. The number of halogens is 1. The van der Waals surface area contributed by atoms with E-state index in [4.69, 9.17) is 5.73 Å². The Morgan fingerprint density at radius 2 is 2.03 bits per heavy atom. The normalized spacial score (nSPS) is 14.4. The first-order valence-corrected chi connectivity index (χ1v) is 9.48. The fourth-order valence-corrected chi connectivity index (χ4v) is 3.42. The van der Waals surface area contributed by atoms with Gasteiger partial charge in [0.1, 0.15) is 11.6 Å². The lowest BCUT2D eigenvalue weighted by molar-refractivity contribution is 0.193. The van der Waals surface area contributed by atoms with Crippen LogP contribution >= 0.6 is 0 Å². The third-order valence-electron chi connectivity index (χ3n) is 5.13. The number of hydrogen-bond donors (Lipinski definition) is 2. The van der Waals surface area contributed by atoms with Gasteiger partial charge in [-0.3, -0.25) is 4.40 Å². The molecule has 4 rings (SSSR count). The maximum absolute atomic E-state index is 14.1. The summed E-state index contributed by atoms with van der Waals surface area (Å²) in [5.41, 5.74) is 7.38. The number of piperazine rings is 1. The van der Waals surface area contributed by atoms with Gasteiger partial charge in [0, 0.05) is 57.2 Å². The van der Waals surface area contributed by atoms with Crippen LogP contribution < -0.4 is 16.0 Å². The zero-order chi connectivity index (χ0) is 20.4. The number of benzene rings is 1. The van der Waals surface area contributed by atoms with Gasteiger partial charge in [-0.1, -0.05) is 12.1 Å². The average molecular weight is 398 g/mol. The summed E-state index contributed by atoms with van der Waals surface area (Å²) in [7, 11) is 0. The second-order valence-corrected chi connectivity index (χ2v) is 6.95. The molecule has 0 atom stereocenters. The molecular weight excluding hydrogens is 375 g/mol. The van der Waals surface area contributed by atoms with E-state index in [0.717, 1.165) is 17.2 Å². The van der Waals surface area contributed by atoms with E-state index in [1.165, 1.54) is 6.07 Å². The van der Waals surface area contributed by atoms with Crippen LogP contribution in [0.4, 0.5) is 15.0 Å². The fourth-order valence-electron chi connectivity index (χ4n) is 3.42. The van der Waals surface area contributed by atoms with Crippen LogP contribution in [0.3, 0.4) is 0 Å². The van der Waals surface area contributed by atoms with Gasteiger partial charge in [0.05, 0.1) is 0 Å². The number of fused-ring (bicyclic) bond motifs is 1. The van der Waals surface area contributed by atoms with Gasteiger partial charge in [-0.25, -0.2) is 14.2 Å². The molecule has 0 spiro atoms. The van der Waals surface area contributed by atoms with Gasteiger partial charge in [-0.2, -0.15) is 0 Å². The SMILES string of the molecule is Cc1nnc2c(N3CCN(C(=O)NCc4ccc(CN)cc4F)CC3)nccn12. The Labute approximate surface area is 167 Å². The summed E-state index contributed by atoms with van der Waals surface area (Å²) in [6.07, 6.45) is 3.55. The van der Waals surface area contributed by atoms with Crippen molar-refractivity contribution < 1.29 is 9.18 Å². The van der Waals surface area contributed by atoms with E-state index >= 15 is 0 Å². The Bertz CT molecular complexity index is 1030. The number of carbonyl (C=O) groups is 1. The maximum Gasteiger partial charge on any atom is 0.317 e. The Kier molecular flexibility index (Phi) is 5.26. The van der Waals surface area contributed by atoms with Crippen LogP contribution in [0, 0.1) is 12.7 Å². The van der Waals surface area contributed by atoms with Crippen molar-refractivity contribution in [2.45, 2.75) is 20.0 Å². The summed E-state index contributed by atoms with van der Waals surface area (Å²) < 4.78 is 15.9. The predicted octanol–water partition coefficient (Wildman–Crippen LogP) is 1.06. The van der Waals surface area contributed by atoms with Crippen LogP contribution in [0.1, 0.15) is 17.0 Å². The van der Waals surface area contributed by atoms with Crippen molar-refractivity contribution in [2.24, 2.45) is 5.73 Å². The summed E-state index contributed by atoms with van der Waals surface area (Å²) in [6, 6.07) is 4.61. The van der Waals surface area contributed by atoms with Crippen LogP contribution in [0.25, 0.3) is 5.65 Å². The number of nitrogens with two attached hydrogens (primary N) is 1. The van der Waals surface area contributed by atoms with E-state index in [1.807, 2.05) is 17.5 Å². The summed E-state index contributed by atoms with van der Waals surface area (Å²) in [5, 5.41) is 11.1.